The van der Waals surface area contributed by atoms with Crippen LogP contribution in [0, 0.1) is 0 Å². The van der Waals surface area contributed by atoms with E-state index in [2.05, 4.69) is 21.2 Å². The zero-order valence-electron chi connectivity index (χ0n) is 12.6. The fraction of sp³-hybridized carbons (Fsp3) is 0. The van der Waals surface area contributed by atoms with Crippen LogP contribution in [-0.2, 0) is 4.79 Å². The van der Waals surface area contributed by atoms with Gasteiger partial charge in [-0.25, -0.2) is 0 Å². The van der Waals surface area contributed by atoms with Gasteiger partial charge in [0.2, 0.25) is 0 Å². The van der Waals surface area contributed by atoms with E-state index in [1.165, 1.54) is 12.1 Å². The van der Waals surface area contributed by atoms with E-state index in [9.17, 15) is 14.4 Å². The Kier molecular flexibility index (Phi) is 4.82. The second kappa shape index (κ2) is 7.04. The lowest BCUT2D eigenvalue weighted by Gasteiger charge is -2.02. The normalized spacial score (nSPS) is 10.4. The van der Waals surface area contributed by atoms with Crippen molar-refractivity contribution in [2.45, 2.75) is 0 Å². The van der Waals surface area contributed by atoms with Crippen LogP contribution >= 0.6 is 27.3 Å². The average Bonchev–Trinajstić information content (AvgIpc) is 3.21. The maximum absolute atomic E-state index is 12.2. The Hall–Kier alpha value is -2.71. The SMILES string of the molecule is NC(=O)c1cc(-c2ccccc2)sc1NC(=O)C(=O)c1ccc(Br)o1. The molecule has 3 rings (SSSR count). The molecular weight excluding hydrogens is 408 g/mol. The van der Waals surface area contributed by atoms with Gasteiger partial charge in [-0.15, -0.1) is 11.3 Å². The van der Waals surface area contributed by atoms with Gasteiger partial charge in [0, 0.05) is 4.88 Å². The van der Waals surface area contributed by atoms with Gasteiger partial charge in [0.05, 0.1) is 5.56 Å². The van der Waals surface area contributed by atoms with Crippen molar-refractivity contribution in [2.24, 2.45) is 5.73 Å². The minimum Gasteiger partial charge on any atom is -0.446 e. The first-order valence-electron chi connectivity index (χ1n) is 7.06. The Labute approximate surface area is 154 Å². The number of Topliss-reactive ketones (excluding diaryl/α,β-unsaturated/α-hetero) is 1. The number of carbonyl (C=O) groups excluding carboxylic acids is 3. The number of primary amides is 1. The fourth-order valence-corrected chi connectivity index (χ4v) is 3.49. The highest BCUT2D eigenvalue weighted by Crippen LogP contribution is 2.35. The Morgan fingerprint density at radius 1 is 1.08 bits per heavy atom. The van der Waals surface area contributed by atoms with Crippen LogP contribution in [0.1, 0.15) is 20.9 Å². The second-order valence-electron chi connectivity index (χ2n) is 4.97. The highest BCUT2D eigenvalue weighted by Gasteiger charge is 2.23. The van der Waals surface area contributed by atoms with E-state index in [0.29, 0.717) is 4.67 Å². The number of hydrogen-bond acceptors (Lipinski definition) is 5. The van der Waals surface area contributed by atoms with Crippen molar-refractivity contribution in [2.75, 3.05) is 5.32 Å². The number of furan rings is 1. The lowest BCUT2D eigenvalue weighted by Crippen LogP contribution is -2.23. The molecule has 0 radical (unpaired) electrons. The molecule has 0 aliphatic rings. The van der Waals surface area contributed by atoms with Crippen molar-refractivity contribution >= 4 is 49.9 Å². The van der Waals surface area contributed by atoms with Crippen molar-refractivity contribution in [1.82, 2.24) is 0 Å². The smallest absolute Gasteiger partial charge is 0.300 e. The summed E-state index contributed by atoms with van der Waals surface area (Å²) in [5, 5.41) is 2.66. The van der Waals surface area contributed by atoms with E-state index in [0.717, 1.165) is 21.8 Å². The van der Waals surface area contributed by atoms with E-state index in [4.69, 9.17) is 10.2 Å². The third-order valence-corrected chi connectivity index (χ3v) is 4.81. The molecule has 0 aliphatic heterocycles. The summed E-state index contributed by atoms with van der Waals surface area (Å²) in [6, 6.07) is 13.8. The fourth-order valence-electron chi connectivity index (χ4n) is 2.12. The molecular formula is C17H11BrN2O4S. The van der Waals surface area contributed by atoms with Crippen LogP contribution in [0.15, 0.2) is 57.6 Å². The monoisotopic (exact) mass is 418 g/mol. The van der Waals surface area contributed by atoms with E-state index >= 15 is 0 Å². The lowest BCUT2D eigenvalue weighted by molar-refractivity contribution is -0.112. The van der Waals surface area contributed by atoms with Gasteiger partial charge in [-0.2, -0.15) is 0 Å². The molecule has 0 bridgehead atoms. The number of anilines is 1. The van der Waals surface area contributed by atoms with E-state index in [-0.39, 0.29) is 16.3 Å². The summed E-state index contributed by atoms with van der Waals surface area (Å²) in [6.07, 6.45) is 0. The van der Waals surface area contributed by atoms with Crippen LogP contribution in [0.3, 0.4) is 0 Å². The van der Waals surface area contributed by atoms with Gasteiger partial charge in [-0.1, -0.05) is 30.3 Å². The molecule has 3 aromatic rings. The predicted molar refractivity (Wildman–Crippen MR) is 97.6 cm³/mol. The number of nitrogens with two attached hydrogens (primary N) is 1. The summed E-state index contributed by atoms with van der Waals surface area (Å²) in [5.41, 5.74) is 6.40. The topological polar surface area (TPSA) is 102 Å². The van der Waals surface area contributed by atoms with Crippen molar-refractivity contribution < 1.29 is 18.8 Å². The third kappa shape index (κ3) is 3.70. The molecule has 0 atom stereocenters. The number of amides is 2. The van der Waals surface area contributed by atoms with E-state index in [1.54, 1.807) is 6.07 Å². The molecule has 0 unspecified atom stereocenters. The Morgan fingerprint density at radius 3 is 2.40 bits per heavy atom. The molecule has 1 aromatic carbocycles. The zero-order chi connectivity index (χ0) is 18.0. The van der Waals surface area contributed by atoms with Crippen LogP contribution in [-0.4, -0.2) is 17.6 Å². The lowest BCUT2D eigenvalue weighted by atomic mass is 10.1. The summed E-state index contributed by atoms with van der Waals surface area (Å²) < 4.78 is 5.41. The number of thiophene rings is 1. The van der Waals surface area contributed by atoms with Crippen molar-refractivity contribution in [3.63, 3.8) is 0 Å². The van der Waals surface area contributed by atoms with Gasteiger partial charge in [-0.3, -0.25) is 14.4 Å². The molecule has 126 valence electrons. The van der Waals surface area contributed by atoms with Gasteiger partial charge < -0.3 is 15.5 Å². The highest BCUT2D eigenvalue weighted by atomic mass is 79.9. The summed E-state index contributed by atoms with van der Waals surface area (Å²) in [6.45, 7) is 0. The molecule has 0 aliphatic carbocycles. The van der Waals surface area contributed by atoms with Crippen LogP contribution in [0.2, 0.25) is 0 Å². The number of hydrogen-bond donors (Lipinski definition) is 2. The van der Waals surface area contributed by atoms with Crippen LogP contribution in [0.4, 0.5) is 5.00 Å². The van der Waals surface area contributed by atoms with Crippen molar-refractivity contribution in [1.29, 1.82) is 0 Å². The second-order valence-corrected chi connectivity index (χ2v) is 6.80. The molecule has 2 amide bonds. The zero-order valence-corrected chi connectivity index (χ0v) is 15.0. The molecule has 25 heavy (non-hydrogen) atoms. The highest BCUT2D eigenvalue weighted by molar-refractivity contribution is 9.10. The van der Waals surface area contributed by atoms with Gasteiger partial charge >= 0.3 is 5.91 Å². The molecule has 0 saturated heterocycles. The molecule has 8 heteroatoms. The average molecular weight is 419 g/mol. The van der Waals surface area contributed by atoms with Crippen LogP contribution < -0.4 is 11.1 Å². The van der Waals surface area contributed by atoms with E-state index < -0.39 is 17.6 Å². The number of rotatable bonds is 5. The summed E-state index contributed by atoms with van der Waals surface area (Å²) in [4.78, 5) is 36.7. The standard InChI is InChI=1S/C17H11BrN2O4S/c18-13-7-6-11(24-13)14(21)16(23)20-17-10(15(19)22)8-12(25-17)9-4-2-1-3-5-9/h1-8H,(H2,19,22)(H,20,23). The minimum absolute atomic E-state index is 0.107. The molecule has 0 saturated carbocycles. The Bertz CT molecular complexity index is 962. The Morgan fingerprint density at radius 2 is 1.80 bits per heavy atom. The molecule has 0 fully saturated rings. The summed E-state index contributed by atoms with van der Waals surface area (Å²) in [7, 11) is 0. The van der Waals surface area contributed by atoms with E-state index in [1.807, 2.05) is 30.3 Å². The van der Waals surface area contributed by atoms with Gasteiger partial charge in [-0.05, 0) is 39.7 Å². The van der Waals surface area contributed by atoms with Gasteiger partial charge in [0.25, 0.3) is 11.7 Å². The first-order valence-corrected chi connectivity index (χ1v) is 8.66. The maximum atomic E-state index is 12.2. The first-order chi connectivity index (χ1) is 12.0. The van der Waals surface area contributed by atoms with Crippen LogP contribution in [0.5, 0.6) is 0 Å². The molecule has 3 N–H and O–H groups in total. The first kappa shape index (κ1) is 17.1. The number of halogens is 1. The van der Waals surface area contributed by atoms with Gasteiger partial charge in [0.15, 0.2) is 10.4 Å². The number of benzene rings is 1. The Balaban J connectivity index is 1.88. The van der Waals surface area contributed by atoms with Crippen molar-refractivity contribution in [3.05, 3.63) is 64.5 Å². The number of carbonyl (C=O) groups is 3. The molecule has 2 heterocycles. The minimum atomic E-state index is -0.911. The maximum Gasteiger partial charge on any atom is 0.300 e. The van der Waals surface area contributed by atoms with Crippen molar-refractivity contribution in [3.8, 4) is 10.4 Å². The molecule has 6 nitrogen and oxygen atoms in total. The molecule has 2 aromatic heterocycles. The molecule has 0 spiro atoms. The predicted octanol–water partition coefficient (Wildman–Crippen LogP) is 3.69. The number of ketones is 1. The van der Waals surface area contributed by atoms with Gasteiger partial charge in [0.1, 0.15) is 5.00 Å². The summed E-state index contributed by atoms with van der Waals surface area (Å²) >= 11 is 4.23. The number of nitrogens with one attached hydrogen (secondary N) is 1. The largest absolute Gasteiger partial charge is 0.446 e. The third-order valence-electron chi connectivity index (χ3n) is 3.29. The van der Waals surface area contributed by atoms with Crippen LogP contribution in [0.25, 0.3) is 10.4 Å². The quantitative estimate of drug-likeness (QED) is 0.486. The summed E-state index contributed by atoms with van der Waals surface area (Å²) in [5.74, 6) is -2.56.